The Kier molecular flexibility index (Phi) is 3.66. The highest BCUT2D eigenvalue weighted by molar-refractivity contribution is 6.30. The minimum Gasteiger partial charge on any atom is -0.170 e. The van der Waals surface area contributed by atoms with E-state index in [1.54, 1.807) is 13.8 Å². The van der Waals surface area contributed by atoms with Gasteiger partial charge in [-0.3, -0.25) is 0 Å². The molecule has 0 N–H and O–H groups in total. The predicted molar refractivity (Wildman–Crippen MR) is 55.1 cm³/mol. The summed E-state index contributed by atoms with van der Waals surface area (Å²) < 4.78 is 38.2. The average Bonchev–Trinajstić information content (AvgIpc) is 2.05. The van der Waals surface area contributed by atoms with E-state index < -0.39 is 18.0 Å². The molecule has 1 aromatic rings. The van der Waals surface area contributed by atoms with Crippen molar-refractivity contribution in [2.24, 2.45) is 5.92 Å². The standard InChI is InChI=1S/C11H12ClF3/c1-7(2)10(11(13,14)15)8-3-5-9(12)6-4-8/h3-7,10H,1-2H3/t10-/m0/s1. The molecule has 0 saturated heterocycles. The van der Waals surface area contributed by atoms with Gasteiger partial charge in [0.1, 0.15) is 0 Å². The van der Waals surface area contributed by atoms with Crippen LogP contribution in [0.4, 0.5) is 13.2 Å². The van der Waals surface area contributed by atoms with Gasteiger partial charge < -0.3 is 0 Å². The van der Waals surface area contributed by atoms with E-state index in [0.717, 1.165) is 0 Å². The van der Waals surface area contributed by atoms with E-state index in [1.165, 1.54) is 24.3 Å². The van der Waals surface area contributed by atoms with Gasteiger partial charge in [-0.15, -0.1) is 0 Å². The van der Waals surface area contributed by atoms with Crippen molar-refractivity contribution >= 4 is 11.6 Å². The Balaban J connectivity index is 3.05. The molecule has 0 heterocycles. The van der Waals surface area contributed by atoms with E-state index in [2.05, 4.69) is 0 Å². The second-order valence-electron chi connectivity index (χ2n) is 3.81. The molecule has 1 atom stereocenters. The highest BCUT2D eigenvalue weighted by atomic mass is 35.5. The fourth-order valence-electron chi connectivity index (χ4n) is 1.62. The van der Waals surface area contributed by atoms with Crippen molar-refractivity contribution in [1.82, 2.24) is 0 Å². The van der Waals surface area contributed by atoms with Gasteiger partial charge in [-0.1, -0.05) is 37.6 Å². The number of hydrogen-bond acceptors (Lipinski definition) is 0. The lowest BCUT2D eigenvalue weighted by Crippen LogP contribution is -2.25. The summed E-state index contributed by atoms with van der Waals surface area (Å²) in [5, 5.41) is 0.448. The maximum atomic E-state index is 12.7. The van der Waals surface area contributed by atoms with Crippen molar-refractivity contribution in [1.29, 1.82) is 0 Å². The zero-order valence-electron chi connectivity index (χ0n) is 8.48. The van der Waals surface area contributed by atoms with Gasteiger partial charge in [0.05, 0.1) is 5.92 Å². The quantitative estimate of drug-likeness (QED) is 0.702. The third-order valence-electron chi connectivity index (χ3n) is 2.25. The number of alkyl halides is 3. The SMILES string of the molecule is CC(C)[C@@H](c1ccc(Cl)cc1)C(F)(F)F. The van der Waals surface area contributed by atoms with Crippen molar-refractivity contribution < 1.29 is 13.2 Å². The zero-order valence-corrected chi connectivity index (χ0v) is 9.23. The van der Waals surface area contributed by atoms with Crippen molar-refractivity contribution in [2.45, 2.75) is 25.9 Å². The van der Waals surface area contributed by atoms with Crippen molar-refractivity contribution in [3.05, 3.63) is 34.9 Å². The number of halogens is 4. The fraction of sp³-hybridized carbons (Fsp3) is 0.455. The number of benzene rings is 1. The first-order valence-corrected chi connectivity index (χ1v) is 5.02. The smallest absolute Gasteiger partial charge is 0.170 e. The van der Waals surface area contributed by atoms with Crippen LogP contribution in [0.1, 0.15) is 25.3 Å². The topological polar surface area (TPSA) is 0 Å². The molecule has 0 aliphatic rings. The molecule has 0 bridgehead atoms. The van der Waals surface area contributed by atoms with E-state index in [-0.39, 0.29) is 5.56 Å². The molecule has 0 aliphatic carbocycles. The second-order valence-corrected chi connectivity index (χ2v) is 4.25. The van der Waals surface area contributed by atoms with Crippen LogP contribution in [0.2, 0.25) is 5.02 Å². The Hall–Kier alpha value is -0.700. The minimum atomic E-state index is -4.21. The molecule has 0 saturated carbocycles. The van der Waals surface area contributed by atoms with E-state index in [0.29, 0.717) is 5.02 Å². The molecule has 84 valence electrons. The molecule has 0 aliphatic heterocycles. The normalized spacial score (nSPS) is 14.3. The highest BCUT2D eigenvalue weighted by Crippen LogP contribution is 2.40. The molecular weight excluding hydrogens is 225 g/mol. The third kappa shape index (κ3) is 3.13. The first-order valence-electron chi connectivity index (χ1n) is 4.64. The van der Waals surface area contributed by atoms with Crippen LogP contribution in [0.15, 0.2) is 24.3 Å². The molecule has 0 amide bonds. The van der Waals surface area contributed by atoms with Crippen molar-refractivity contribution in [3.8, 4) is 0 Å². The van der Waals surface area contributed by atoms with Crippen molar-refractivity contribution in [2.75, 3.05) is 0 Å². The second kappa shape index (κ2) is 4.44. The lowest BCUT2D eigenvalue weighted by Gasteiger charge is -2.24. The van der Waals surface area contributed by atoms with Crippen LogP contribution in [0.25, 0.3) is 0 Å². The van der Waals surface area contributed by atoms with Crippen LogP contribution in [-0.2, 0) is 0 Å². The molecular formula is C11H12ClF3. The maximum Gasteiger partial charge on any atom is 0.395 e. The molecule has 0 fully saturated rings. The first-order chi connectivity index (χ1) is 6.82. The van der Waals surface area contributed by atoms with Gasteiger partial charge in [0.25, 0.3) is 0 Å². The summed E-state index contributed by atoms with van der Waals surface area (Å²) >= 11 is 5.63. The fourth-order valence-corrected chi connectivity index (χ4v) is 1.75. The lowest BCUT2D eigenvalue weighted by molar-refractivity contribution is -0.159. The average molecular weight is 237 g/mol. The third-order valence-corrected chi connectivity index (χ3v) is 2.50. The summed E-state index contributed by atoms with van der Waals surface area (Å²) in [5.74, 6) is -1.90. The summed E-state index contributed by atoms with van der Waals surface area (Å²) in [6.45, 7) is 3.12. The first kappa shape index (κ1) is 12.4. The summed E-state index contributed by atoms with van der Waals surface area (Å²) in [7, 11) is 0. The Morgan fingerprint density at radius 1 is 1.07 bits per heavy atom. The van der Waals surface area contributed by atoms with E-state index in [9.17, 15) is 13.2 Å². The molecule has 0 nitrogen and oxygen atoms in total. The summed E-state index contributed by atoms with van der Waals surface area (Å²) in [4.78, 5) is 0. The van der Waals surface area contributed by atoms with Gasteiger partial charge >= 0.3 is 6.18 Å². The van der Waals surface area contributed by atoms with Crippen LogP contribution in [-0.4, -0.2) is 6.18 Å². The minimum absolute atomic E-state index is 0.266. The molecule has 1 rings (SSSR count). The maximum absolute atomic E-state index is 12.7. The van der Waals surface area contributed by atoms with Crippen LogP contribution in [0.5, 0.6) is 0 Å². The predicted octanol–water partition coefficient (Wildman–Crippen LogP) is 4.64. The highest BCUT2D eigenvalue weighted by Gasteiger charge is 2.42. The molecule has 0 spiro atoms. The molecule has 15 heavy (non-hydrogen) atoms. The Morgan fingerprint density at radius 3 is 1.87 bits per heavy atom. The number of rotatable bonds is 2. The Morgan fingerprint density at radius 2 is 1.53 bits per heavy atom. The van der Waals surface area contributed by atoms with Gasteiger partial charge in [-0.25, -0.2) is 0 Å². The van der Waals surface area contributed by atoms with E-state index >= 15 is 0 Å². The van der Waals surface area contributed by atoms with Gasteiger partial charge in [0.2, 0.25) is 0 Å². The monoisotopic (exact) mass is 236 g/mol. The summed E-state index contributed by atoms with van der Waals surface area (Å²) in [6.07, 6.45) is -4.21. The summed E-state index contributed by atoms with van der Waals surface area (Å²) in [6, 6.07) is 5.83. The molecule has 0 aromatic heterocycles. The largest absolute Gasteiger partial charge is 0.395 e. The Bertz CT molecular complexity index is 314. The van der Waals surface area contributed by atoms with Crippen LogP contribution in [0, 0.1) is 5.92 Å². The van der Waals surface area contributed by atoms with E-state index in [1.807, 2.05) is 0 Å². The van der Waals surface area contributed by atoms with Crippen molar-refractivity contribution in [3.63, 3.8) is 0 Å². The van der Waals surface area contributed by atoms with Crippen LogP contribution in [0.3, 0.4) is 0 Å². The lowest BCUT2D eigenvalue weighted by atomic mass is 9.88. The summed E-state index contributed by atoms with van der Waals surface area (Å²) in [5.41, 5.74) is 0.266. The van der Waals surface area contributed by atoms with Crippen LogP contribution >= 0.6 is 11.6 Å². The number of hydrogen-bond donors (Lipinski definition) is 0. The van der Waals surface area contributed by atoms with Gasteiger partial charge in [0, 0.05) is 5.02 Å². The zero-order chi connectivity index (χ0) is 11.6. The Labute approximate surface area is 92.1 Å². The molecule has 4 heteroatoms. The van der Waals surface area contributed by atoms with Gasteiger partial charge in [-0.05, 0) is 23.6 Å². The molecule has 1 aromatic carbocycles. The molecule has 0 radical (unpaired) electrons. The van der Waals surface area contributed by atoms with Crippen LogP contribution < -0.4 is 0 Å². The van der Waals surface area contributed by atoms with Gasteiger partial charge in [0.15, 0.2) is 0 Å². The van der Waals surface area contributed by atoms with E-state index in [4.69, 9.17) is 11.6 Å². The van der Waals surface area contributed by atoms with Gasteiger partial charge in [-0.2, -0.15) is 13.2 Å². The molecule has 0 unspecified atom stereocenters.